The molecule has 3 N–H and O–H groups in total. The lowest BCUT2D eigenvalue weighted by Crippen LogP contribution is -2.41. The predicted octanol–water partition coefficient (Wildman–Crippen LogP) is 1.76. The van der Waals surface area contributed by atoms with E-state index in [1.807, 2.05) is 25.1 Å². The molecule has 0 aliphatic rings. The molecule has 0 heterocycles. The van der Waals surface area contributed by atoms with E-state index in [1.165, 1.54) is 5.69 Å². The maximum atomic E-state index is 11.6. The Hall–Kier alpha value is -1.55. The summed E-state index contributed by atoms with van der Waals surface area (Å²) < 4.78 is 0. The van der Waals surface area contributed by atoms with Crippen LogP contribution in [0.3, 0.4) is 0 Å². The largest absolute Gasteiger partial charge is 0.375 e. The molecule has 0 fully saturated rings. The smallest absolute Gasteiger partial charge is 0.236 e. The fraction of sp³-hybridized carbons (Fsp3) is 0.533. The SMILES string of the molecule is CCC[C@H](N)C(=O)NCCCN(C)c1ccccc1. The summed E-state index contributed by atoms with van der Waals surface area (Å²) in [5.41, 5.74) is 6.93. The molecule has 0 saturated heterocycles. The summed E-state index contributed by atoms with van der Waals surface area (Å²) in [5, 5.41) is 2.88. The topological polar surface area (TPSA) is 58.4 Å². The predicted molar refractivity (Wildman–Crippen MR) is 80.2 cm³/mol. The highest BCUT2D eigenvalue weighted by molar-refractivity contribution is 5.81. The van der Waals surface area contributed by atoms with Crippen molar-refractivity contribution in [2.45, 2.75) is 32.2 Å². The molecule has 4 nitrogen and oxygen atoms in total. The summed E-state index contributed by atoms with van der Waals surface area (Å²) in [6.07, 6.45) is 2.59. The second-order valence-corrected chi connectivity index (χ2v) is 4.80. The molecule has 0 aliphatic heterocycles. The molecule has 1 aromatic carbocycles. The van der Waals surface area contributed by atoms with E-state index in [4.69, 9.17) is 5.73 Å². The molecule has 1 amide bonds. The van der Waals surface area contributed by atoms with Crippen molar-refractivity contribution in [1.82, 2.24) is 5.32 Å². The van der Waals surface area contributed by atoms with Gasteiger partial charge in [-0.1, -0.05) is 31.5 Å². The van der Waals surface area contributed by atoms with Crippen molar-refractivity contribution in [3.05, 3.63) is 30.3 Å². The van der Waals surface area contributed by atoms with Gasteiger partial charge in [-0.15, -0.1) is 0 Å². The highest BCUT2D eigenvalue weighted by Gasteiger charge is 2.10. The third kappa shape index (κ3) is 5.75. The molecule has 1 rings (SSSR count). The van der Waals surface area contributed by atoms with Gasteiger partial charge in [0.05, 0.1) is 6.04 Å². The summed E-state index contributed by atoms with van der Waals surface area (Å²) in [6.45, 7) is 3.61. The van der Waals surface area contributed by atoms with E-state index in [0.717, 1.165) is 25.8 Å². The van der Waals surface area contributed by atoms with Crippen LogP contribution in [0.4, 0.5) is 5.69 Å². The number of nitrogens with two attached hydrogens (primary N) is 1. The number of anilines is 1. The summed E-state index contributed by atoms with van der Waals surface area (Å²) in [5.74, 6) is -0.0378. The van der Waals surface area contributed by atoms with Crippen molar-refractivity contribution in [2.75, 3.05) is 25.0 Å². The molecule has 0 saturated carbocycles. The van der Waals surface area contributed by atoms with Crippen LogP contribution in [0.25, 0.3) is 0 Å². The Morgan fingerprint density at radius 2 is 2.05 bits per heavy atom. The zero-order valence-electron chi connectivity index (χ0n) is 11.9. The van der Waals surface area contributed by atoms with Gasteiger partial charge in [-0.2, -0.15) is 0 Å². The first-order chi connectivity index (χ1) is 9.15. The molecule has 19 heavy (non-hydrogen) atoms. The number of para-hydroxylation sites is 1. The standard InChI is InChI=1S/C15H25N3O/c1-3-8-14(16)15(19)17-11-7-12-18(2)13-9-5-4-6-10-13/h4-6,9-10,14H,3,7-8,11-12,16H2,1-2H3,(H,17,19)/t14-/m0/s1. The van der Waals surface area contributed by atoms with Crippen LogP contribution >= 0.6 is 0 Å². The van der Waals surface area contributed by atoms with Crippen LogP contribution in [0.2, 0.25) is 0 Å². The first kappa shape index (κ1) is 15.5. The molecule has 0 spiro atoms. The van der Waals surface area contributed by atoms with Gasteiger partial charge in [-0.3, -0.25) is 4.79 Å². The first-order valence-electron chi connectivity index (χ1n) is 6.94. The highest BCUT2D eigenvalue weighted by atomic mass is 16.2. The van der Waals surface area contributed by atoms with Gasteiger partial charge in [0, 0.05) is 25.8 Å². The molecule has 0 unspecified atom stereocenters. The Balaban J connectivity index is 2.19. The highest BCUT2D eigenvalue weighted by Crippen LogP contribution is 2.10. The molecule has 1 atom stereocenters. The minimum absolute atomic E-state index is 0.0378. The summed E-state index contributed by atoms with van der Waals surface area (Å²) in [6, 6.07) is 9.85. The number of benzene rings is 1. The molecule has 0 aromatic heterocycles. The Labute approximate surface area is 116 Å². The number of hydrogen-bond acceptors (Lipinski definition) is 3. The van der Waals surface area contributed by atoms with Gasteiger partial charge in [0.25, 0.3) is 0 Å². The van der Waals surface area contributed by atoms with Gasteiger partial charge in [0.2, 0.25) is 5.91 Å². The average Bonchev–Trinajstić information content (AvgIpc) is 2.44. The Bertz CT molecular complexity index is 367. The van der Waals surface area contributed by atoms with Gasteiger partial charge in [-0.05, 0) is 25.0 Å². The fourth-order valence-corrected chi connectivity index (χ4v) is 1.91. The van der Waals surface area contributed by atoms with Crippen molar-refractivity contribution in [3.8, 4) is 0 Å². The lowest BCUT2D eigenvalue weighted by molar-refractivity contribution is -0.122. The molecule has 0 bridgehead atoms. The van der Waals surface area contributed by atoms with Gasteiger partial charge < -0.3 is 16.0 Å². The van der Waals surface area contributed by atoms with Crippen LogP contribution in [0.5, 0.6) is 0 Å². The zero-order chi connectivity index (χ0) is 14.1. The van der Waals surface area contributed by atoms with E-state index < -0.39 is 0 Å². The van der Waals surface area contributed by atoms with E-state index in [-0.39, 0.29) is 11.9 Å². The van der Waals surface area contributed by atoms with E-state index in [9.17, 15) is 4.79 Å². The average molecular weight is 263 g/mol. The van der Waals surface area contributed by atoms with Crippen LogP contribution in [-0.2, 0) is 4.79 Å². The van der Waals surface area contributed by atoms with Crippen LogP contribution < -0.4 is 16.0 Å². The zero-order valence-corrected chi connectivity index (χ0v) is 11.9. The maximum absolute atomic E-state index is 11.6. The van der Waals surface area contributed by atoms with Crippen LogP contribution in [-0.4, -0.2) is 32.1 Å². The molecule has 4 heteroatoms. The van der Waals surface area contributed by atoms with Gasteiger partial charge in [-0.25, -0.2) is 0 Å². The van der Waals surface area contributed by atoms with E-state index in [1.54, 1.807) is 0 Å². The number of nitrogens with one attached hydrogen (secondary N) is 1. The minimum Gasteiger partial charge on any atom is -0.375 e. The summed E-state index contributed by atoms with van der Waals surface area (Å²) in [7, 11) is 2.06. The second kappa shape index (κ2) is 8.53. The molecule has 106 valence electrons. The van der Waals surface area contributed by atoms with Crippen LogP contribution in [0.1, 0.15) is 26.2 Å². The van der Waals surface area contributed by atoms with Crippen molar-refractivity contribution in [2.24, 2.45) is 5.73 Å². The summed E-state index contributed by atoms with van der Waals surface area (Å²) >= 11 is 0. The van der Waals surface area contributed by atoms with Crippen molar-refractivity contribution < 1.29 is 4.79 Å². The number of carbonyl (C=O) groups is 1. The minimum atomic E-state index is -0.364. The van der Waals surface area contributed by atoms with Gasteiger partial charge in [0.15, 0.2) is 0 Å². The molecule has 0 radical (unpaired) electrons. The number of carbonyl (C=O) groups excluding carboxylic acids is 1. The second-order valence-electron chi connectivity index (χ2n) is 4.80. The van der Waals surface area contributed by atoms with Crippen molar-refractivity contribution in [3.63, 3.8) is 0 Å². The Kier molecular flexibility index (Phi) is 6.97. The fourth-order valence-electron chi connectivity index (χ4n) is 1.91. The monoisotopic (exact) mass is 263 g/mol. The number of hydrogen-bond donors (Lipinski definition) is 2. The molecule has 1 aromatic rings. The van der Waals surface area contributed by atoms with Crippen LogP contribution in [0.15, 0.2) is 30.3 Å². The third-order valence-corrected chi connectivity index (χ3v) is 3.10. The number of rotatable bonds is 8. The summed E-state index contributed by atoms with van der Waals surface area (Å²) in [4.78, 5) is 13.8. The lowest BCUT2D eigenvalue weighted by atomic mass is 10.1. The molecule has 0 aliphatic carbocycles. The Morgan fingerprint density at radius 3 is 2.68 bits per heavy atom. The lowest BCUT2D eigenvalue weighted by Gasteiger charge is -2.19. The normalized spacial score (nSPS) is 11.9. The van der Waals surface area contributed by atoms with E-state index in [2.05, 4.69) is 29.4 Å². The van der Waals surface area contributed by atoms with Crippen molar-refractivity contribution >= 4 is 11.6 Å². The molecular weight excluding hydrogens is 238 g/mol. The van der Waals surface area contributed by atoms with Gasteiger partial charge in [0.1, 0.15) is 0 Å². The van der Waals surface area contributed by atoms with Gasteiger partial charge >= 0.3 is 0 Å². The maximum Gasteiger partial charge on any atom is 0.236 e. The number of nitrogens with zero attached hydrogens (tertiary/aromatic N) is 1. The quantitative estimate of drug-likeness (QED) is 0.703. The Morgan fingerprint density at radius 1 is 1.37 bits per heavy atom. The van der Waals surface area contributed by atoms with E-state index in [0.29, 0.717) is 6.54 Å². The van der Waals surface area contributed by atoms with E-state index >= 15 is 0 Å². The number of amides is 1. The first-order valence-corrected chi connectivity index (χ1v) is 6.94. The third-order valence-electron chi connectivity index (χ3n) is 3.10. The van der Waals surface area contributed by atoms with Crippen molar-refractivity contribution in [1.29, 1.82) is 0 Å². The van der Waals surface area contributed by atoms with Crippen LogP contribution in [0, 0.1) is 0 Å². The molecular formula is C15H25N3O.